The van der Waals surface area contributed by atoms with Crippen molar-refractivity contribution in [2.24, 2.45) is 17.3 Å². The number of benzene rings is 2. The molecule has 0 aliphatic rings. The van der Waals surface area contributed by atoms with Gasteiger partial charge in [0.05, 0.1) is 5.92 Å². The number of carbonyl (C=O) groups is 3. The SMILES string of the molecule is C=C/C=C(\C=C/C)c1ccc(C(=O)CC(C(=O)O)C(C)(C)C(C)CC(=O)c2ccccc2)cc1.CC.CC. The molecule has 0 saturated heterocycles. The molecule has 0 spiro atoms. The van der Waals surface area contributed by atoms with Crippen LogP contribution in [0.3, 0.4) is 0 Å². The van der Waals surface area contributed by atoms with E-state index in [-0.39, 0.29) is 30.3 Å². The van der Waals surface area contributed by atoms with Crippen LogP contribution in [0.2, 0.25) is 0 Å². The fourth-order valence-corrected chi connectivity index (χ4v) is 4.00. The van der Waals surface area contributed by atoms with Crippen LogP contribution in [0, 0.1) is 17.3 Å². The van der Waals surface area contributed by atoms with E-state index < -0.39 is 17.3 Å². The van der Waals surface area contributed by atoms with Crippen LogP contribution in [0.15, 0.2) is 85.5 Å². The van der Waals surface area contributed by atoms with Crippen molar-refractivity contribution >= 4 is 23.1 Å². The van der Waals surface area contributed by atoms with Crippen molar-refractivity contribution in [3.05, 3.63) is 102 Å². The van der Waals surface area contributed by atoms with Crippen molar-refractivity contribution in [1.29, 1.82) is 0 Å². The number of carbonyl (C=O) groups excluding carboxylic acids is 2. The van der Waals surface area contributed by atoms with Gasteiger partial charge in [0.1, 0.15) is 0 Å². The van der Waals surface area contributed by atoms with Crippen LogP contribution in [-0.2, 0) is 4.79 Å². The summed E-state index contributed by atoms with van der Waals surface area (Å²) in [5, 5.41) is 9.98. The number of allylic oxidation sites excluding steroid dienone is 5. The van der Waals surface area contributed by atoms with Gasteiger partial charge in [0.25, 0.3) is 0 Å². The second kappa shape index (κ2) is 17.8. The number of ketones is 2. The first-order valence-electron chi connectivity index (χ1n) is 13.5. The van der Waals surface area contributed by atoms with Crippen LogP contribution in [0.1, 0.15) is 94.5 Å². The number of hydrogen-bond acceptors (Lipinski definition) is 3. The molecule has 38 heavy (non-hydrogen) atoms. The normalized spacial score (nSPS) is 12.8. The molecular weight excluding hydrogens is 472 g/mol. The van der Waals surface area contributed by atoms with Crippen LogP contribution in [0.25, 0.3) is 5.57 Å². The number of carboxylic acids is 1. The van der Waals surface area contributed by atoms with Gasteiger partial charge in [-0.05, 0) is 29.4 Å². The predicted octanol–water partition coefficient (Wildman–Crippen LogP) is 9.09. The fourth-order valence-electron chi connectivity index (χ4n) is 4.00. The predicted molar refractivity (Wildman–Crippen MR) is 161 cm³/mol. The van der Waals surface area contributed by atoms with Gasteiger partial charge in [0.15, 0.2) is 11.6 Å². The molecule has 0 amide bonds. The van der Waals surface area contributed by atoms with Crippen LogP contribution in [0.4, 0.5) is 0 Å². The van der Waals surface area contributed by atoms with Crippen molar-refractivity contribution in [3.8, 4) is 0 Å². The third-order valence-electron chi connectivity index (χ3n) is 6.63. The maximum Gasteiger partial charge on any atom is 0.307 e. The number of Topliss-reactive ketones (excluding diaryl/α,β-unsaturated/α-hetero) is 2. The first kappa shape index (κ1) is 34.5. The minimum absolute atomic E-state index is 0.0308. The Balaban J connectivity index is 0.00000326. The van der Waals surface area contributed by atoms with E-state index >= 15 is 0 Å². The molecule has 2 aromatic rings. The summed E-state index contributed by atoms with van der Waals surface area (Å²) in [6.07, 6.45) is 7.57. The van der Waals surface area contributed by atoms with Gasteiger partial charge < -0.3 is 5.11 Å². The molecule has 1 N–H and O–H groups in total. The van der Waals surface area contributed by atoms with Crippen LogP contribution in [0.5, 0.6) is 0 Å². The summed E-state index contributed by atoms with van der Waals surface area (Å²) < 4.78 is 0. The zero-order chi connectivity index (χ0) is 29.3. The number of hydrogen-bond donors (Lipinski definition) is 1. The molecule has 0 radical (unpaired) electrons. The molecule has 2 rings (SSSR count). The molecular formula is C34H46O4. The lowest BCUT2D eigenvalue weighted by molar-refractivity contribution is -0.147. The van der Waals surface area contributed by atoms with Crippen molar-refractivity contribution in [2.45, 2.75) is 68.2 Å². The summed E-state index contributed by atoms with van der Waals surface area (Å²) in [5.41, 5.74) is 2.22. The molecule has 2 atom stereocenters. The van der Waals surface area contributed by atoms with E-state index in [4.69, 9.17) is 0 Å². The summed E-state index contributed by atoms with van der Waals surface area (Å²) in [6.45, 7) is 19.2. The van der Waals surface area contributed by atoms with E-state index in [1.807, 2.05) is 104 Å². The maximum atomic E-state index is 13.0. The minimum atomic E-state index is -1.03. The monoisotopic (exact) mass is 518 g/mol. The zero-order valence-electron chi connectivity index (χ0n) is 24.5. The van der Waals surface area contributed by atoms with Gasteiger partial charge >= 0.3 is 5.97 Å². The first-order chi connectivity index (χ1) is 18.1. The highest BCUT2D eigenvalue weighted by atomic mass is 16.4. The molecule has 0 saturated carbocycles. The lowest BCUT2D eigenvalue weighted by Crippen LogP contribution is -2.38. The van der Waals surface area contributed by atoms with Crippen LogP contribution < -0.4 is 0 Å². The van der Waals surface area contributed by atoms with Gasteiger partial charge in [-0.1, -0.05) is 134 Å². The average molecular weight is 519 g/mol. The molecule has 0 aromatic heterocycles. The maximum absolute atomic E-state index is 13.0. The summed E-state index contributed by atoms with van der Waals surface area (Å²) in [7, 11) is 0. The Hall–Kier alpha value is -3.53. The molecule has 0 bridgehead atoms. The molecule has 0 aliphatic carbocycles. The lowest BCUT2D eigenvalue weighted by Gasteiger charge is -2.37. The van der Waals surface area contributed by atoms with Crippen molar-refractivity contribution in [3.63, 3.8) is 0 Å². The van der Waals surface area contributed by atoms with E-state index in [0.717, 1.165) is 11.1 Å². The van der Waals surface area contributed by atoms with Gasteiger partial charge in [-0.15, -0.1) is 0 Å². The first-order valence-corrected chi connectivity index (χ1v) is 13.5. The van der Waals surface area contributed by atoms with Gasteiger partial charge in [0, 0.05) is 24.0 Å². The summed E-state index contributed by atoms with van der Waals surface area (Å²) in [5.74, 6) is -2.44. The minimum Gasteiger partial charge on any atom is -0.481 e. The molecule has 0 heterocycles. The highest BCUT2D eigenvalue weighted by Crippen LogP contribution is 2.40. The number of aliphatic carboxylic acids is 1. The third kappa shape index (κ3) is 10.1. The quantitative estimate of drug-likeness (QED) is 0.225. The molecule has 206 valence electrons. The zero-order valence-corrected chi connectivity index (χ0v) is 24.5. The molecule has 4 heteroatoms. The average Bonchev–Trinajstić information content (AvgIpc) is 2.93. The summed E-state index contributed by atoms with van der Waals surface area (Å²) in [4.78, 5) is 37.9. The topological polar surface area (TPSA) is 71.4 Å². The highest BCUT2D eigenvalue weighted by molar-refractivity contribution is 5.99. The summed E-state index contributed by atoms with van der Waals surface area (Å²) in [6, 6.07) is 16.1. The van der Waals surface area contributed by atoms with Crippen LogP contribution in [-0.4, -0.2) is 22.6 Å². The second-order valence-corrected chi connectivity index (χ2v) is 9.17. The molecule has 2 unspecified atom stereocenters. The number of carboxylic acid groups (broad SMARTS) is 1. The Bertz CT molecular complexity index is 1070. The van der Waals surface area contributed by atoms with E-state index in [1.165, 1.54) is 0 Å². The lowest BCUT2D eigenvalue weighted by atomic mass is 9.66. The highest BCUT2D eigenvalue weighted by Gasteiger charge is 2.41. The van der Waals surface area contributed by atoms with Crippen molar-refractivity contribution in [2.75, 3.05) is 0 Å². The van der Waals surface area contributed by atoms with Gasteiger partial charge in [-0.25, -0.2) is 0 Å². The third-order valence-corrected chi connectivity index (χ3v) is 6.63. The fraction of sp³-hybridized carbons (Fsp3) is 0.382. The largest absolute Gasteiger partial charge is 0.481 e. The Kier molecular flexibility index (Phi) is 16.2. The summed E-state index contributed by atoms with van der Waals surface area (Å²) >= 11 is 0. The smallest absolute Gasteiger partial charge is 0.307 e. The van der Waals surface area contributed by atoms with E-state index in [1.54, 1.807) is 30.3 Å². The van der Waals surface area contributed by atoms with Gasteiger partial charge in [0.2, 0.25) is 0 Å². The second-order valence-electron chi connectivity index (χ2n) is 9.17. The molecule has 0 aliphatic heterocycles. The molecule has 0 fully saturated rings. The molecule has 4 nitrogen and oxygen atoms in total. The Labute approximate surface area is 230 Å². The van der Waals surface area contributed by atoms with E-state index in [9.17, 15) is 19.5 Å². The van der Waals surface area contributed by atoms with E-state index in [0.29, 0.717) is 11.1 Å². The van der Waals surface area contributed by atoms with Gasteiger partial charge in [-0.3, -0.25) is 14.4 Å². The van der Waals surface area contributed by atoms with Crippen LogP contribution >= 0.6 is 0 Å². The standard InChI is InChI=1S/C30H34O4.2C2H6/c1-6-11-22(12-7-2)23-15-17-25(18-16-23)28(32)20-26(29(33)34)30(4,5)21(3)19-27(31)24-13-9-8-10-14-24;2*1-2/h6-18,21,26H,1,19-20H2,2-5H3,(H,33,34);2*1-2H3/b12-7-,22-11+;;. The Morgan fingerprint density at radius 1 is 0.842 bits per heavy atom. The van der Waals surface area contributed by atoms with Crippen molar-refractivity contribution < 1.29 is 19.5 Å². The van der Waals surface area contributed by atoms with E-state index in [2.05, 4.69) is 6.58 Å². The Morgan fingerprint density at radius 2 is 1.32 bits per heavy atom. The molecule has 2 aromatic carbocycles. The Morgan fingerprint density at radius 3 is 1.79 bits per heavy atom. The number of rotatable bonds is 12. The van der Waals surface area contributed by atoms with Crippen molar-refractivity contribution in [1.82, 2.24) is 0 Å². The van der Waals surface area contributed by atoms with Gasteiger partial charge in [-0.2, -0.15) is 0 Å².